The number of hydrogen-bond acceptors (Lipinski definition) is 3. The van der Waals surface area contributed by atoms with E-state index in [1.807, 2.05) is 0 Å². The van der Waals surface area contributed by atoms with Crippen LogP contribution in [0.2, 0.25) is 0 Å². The summed E-state index contributed by atoms with van der Waals surface area (Å²) in [5, 5.41) is 3.30. The summed E-state index contributed by atoms with van der Waals surface area (Å²) >= 11 is 0. The monoisotopic (exact) mass is 177 g/mol. The van der Waals surface area contributed by atoms with Gasteiger partial charge in [0.15, 0.2) is 9.84 Å². The molecule has 0 fully saturated rings. The number of sulfone groups is 1. The summed E-state index contributed by atoms with van der Waals surface area (Å²) in [5.41, 5.74) is 0. The molecule has 1 amide bonds. The van der Waals surface area contributed by atoms with Crippen molar-refractivity contribution in [1.29, 1.82) is 0 Å². The maximum Gasteiger partial charge on any atom is 0.244 e. The molecule has 1 N–H and O–H groups in total. The lowest BCUT2D eigenvalue weighted by molar-refractivity contribution is -0.116. The van der Waals surface area contributed by atoms with Crippen molar-refractivity contribution in [2.24, 2.45) is 0 Å². The van der Waals surface area contributed by atoms with Gasteiger partial charge in [-0.1, -0.05) is 0 Å². The molecule has 0 aliphatic heterocycles. The van der Waals surface area contributed by atoms with Crippen LogP contribution in [0.3, 0.4) is 0 Å². The lowest BCUT2D eigenvalue weighted by Gasteiger charge is -1.92. The number of rotatable bonds is 3. The summed E-state index contributed by atoms with van der Waals surface area (Å²) < 4.78 is 20.9. The van der Waals surface area contributed by atoms with E-state index in [0.29, 0.717) is 6.54 Å². The fourth-order valence-electron chi connectivity index (χ4n) is 0.419. The highest BCUT2D eigenvalue weighted by atomic mass is 32.2. The van der Waals surface area contributed by atoms with Crippen LogP contribution in [0.15, 0.2) is 11.5 Å². The minimum atomic E-state index is -3.18. The number of nitrogens with one attached hydrogen (secondary N) is 1. The van der Waals surface area contributed by atoms with Crippen LogP contribution in [0, 0.1) is 0 Å². The topological polar surface area (TPSA) is 63.2 Å². The SMILES string of the molecule is CCNC(=O)/C=C/S(C)(=O)=O. The Labute approximate surface area is 66.2 Å². The first-order valence-corrected chi connectivity index (χ1v) is 5.07. The largest absolute Gasteiger partial charge is 0.353 e. The number of carbonyl (C=O) groups is 1. The molecule has 0 atom stereocenters. The van der Waals surface area contributed by atoms with Gasteiger partial charge < -0.3 is 5.32 Å². The Bertz CT molecular complexity index is 253. The lowest BCUT2D eigenvalue weighted by atomic mass is 10.6. The molecule has 11 heavy (non-hydrogen) atoms. The van der Waals surface area contributed by atoms with Crippen LogP contribution < -0.4 is 5.32 Å². The third-order valence-corrected chi connectivity index (χ3v) is 1.45. The number of carbonyl (C=O) groups excluding carboxylic acids is 1. The van der Waals surface area contributed by atoms with Crippen molar-refractivity contribution < 1.29 is 13.2 Å². The zero-order valence-electron chi connectivity index (χ0n) is 6.49. The van der Waals surface area contributed by atoms with Gasteiger partial charge in [-0.2, -0.15) is 0 Å². The maximum atomic E-state index is 10.6. The maximum absolute atomic E-state index is 10.6. The zero-order chi connectivity index (χ0) is 8.91. The minimum absolute atomic E-state index is 0.391. The molecule has 0 aromatic heterocycles. The zero-order valence-corrected chi connectivity index (χ0v) is 7.31. The fraction of sp³-hybridized carbons (Fsp3) is 0.500. The number of hydrogen-bond donors (Lipinski definition) is 1. The molecule has 0 aliphatic rings. The third kappa shape index (κ3) is 7.05. The Morgan fingerprint density at radius 2 is 2.09 bits per heavy atom. The van der Waals surface area contributed by atoms with Crippen molar-refractivity contribution in [2.45, 2.75) is 6.92 Å². The fourth-order valence-corrected chi connectivity index (χ4v) is 0.789. The van der Waals surface area contributed by atoms with Crippen LogP contribution in [-0.2, 0) is 14.6 Å². The molecule has 0 heterocycles. The number of amides is 1. The van der Waals surface area contributed by atoms with Crippen molar-refractivity contribution >= 4 is 15.7 Å². The predicted molar refractivity (Wildman–Crippen MR) is 42.7 cm³/mol. The highest BCUT2D eigenvalue weighted by Crippen LogP contribution is 1.84. The highest BCUT2D eigenvalue weighted by molar-refractivity contribution is 7.93. The Kier molecular flexibility index (Phi) is 3.81. The van der Waals surface area contributed by atoms with Crippen LogP contribution in [0.1, 0.15) is 6.92 Å². The molecule has 0 saturated heterocycles. The van der Waals surface area contributed by atoms with E-state index in [9.17, 15) is 13.2 Å². The molecule has 5 heteroatoms. The van der Waals surface area contributed by atoms with Gasteiger partial charge in [-0.15, -0.1) is 0 Å². The van der Waals surface area contributed by atoms with Gasteiger partial charge in [0, 0.05) is 24.3 Å². The van der Waals surface area contributed by atoms with Crippen LogP contribution in [0.4, 0.5) is 0 Å². The molecule has 4 nitrogen and oxygen atoms in total. The molecule has 0 rings (SSSR count). The average molecular weight is 177 g/mol. The van der Waals surface area contributed by atoms with Crippen LogP contribution >= 0.6 is 0 Å². The Morgan fingerprint density at radius 3 is 2.45 bits per heavy atom. The molecule has 0 radical (unpaired) electrons. The van der Waals surface area contributed by atoms with Gasteiger partial charge in [0.25, 0.3) is 0 Å². The van der Waals surface area contributed by atoms with Crippen molar-refractivity contribution in [3.63, 3.8) is 0 Å². The Morgan fingerprint density at radius 1 is 1.55 bits per heavy atom. The van der Waals surface area contributed by atoms with Gasteiger partial charge >= 0.3 is 0 Å². The van der Waals surface area contributed by atoms with Crippen LogP contribution in [0.5, 0.6) is 0 Å². The molecule has 0 aromatic carbocycles. The summed E-state index contributed by atoms with van der Waals surface area (Å²) in [6.07, 6.45) is 2.03. The van der Waals surface area contributed by atoms with E-state index >= 15 is 0 Å². The molecular formula is C6H11NO3S. The van der Waals surface area contributed by atoms with Gasteiger partial charge in [0.1, 0.15) is 0 Å². The van der Waals surface area contributed by atoms with Crippen molar-refractivity contribution in [3.05, 3.63) is 11.5 Å². The minimum Gasteiger partial charge on any atom is -0.353 e. The smallest absolute Gasteiger partial charge is 0.244 e. The summed E-state index contributed by atoms with van der Waals surface area (Å²) in [5.74, 6) is -0.391. The summed E-state index contributed by atoms with van der Waals surface area (Å²) in [4.78, 5) is 10.6. The average Bonchev–Trinajstić information content (AvgIpc) is 1.83. The Balaban J connectivity index is 4.05. The Hall–Kier alpha value is -0.840. The third-order valence-electron chi connectivity index (χ3n) is 0.818. The molecule has 0 aromatic rings. The first kappa shape index (κ1) is 10.2. The van der Waals surface area contributed by atoms with Crippen LogP contribution in [-0.4, -0.2) is 27.1 Å². The molecule has 64 valence electrons. The van der Waals surface area contributed by atoms with E-state index in [-0.39, 0.29) is 0 Å². The van der Waals surface area contributed by atoms with Crippen molar-refractivity contribution in [2.75, 3.05) is 12.8 Å². The second kappa shape index (κ2) is 4.12. The molecule has 0 saturated carbocycles. The second-order valence-corrected chi connectivity index (χ2v) is 3.96. The molecule has 0 spiro atoms. The standard InChI is InChI=1S/C6H11NO3S/c1-3-7-6(8)4-5-11(2,9)10/h4-5H,3H2,1-2H3,(H,7,8)/b5-4+. The predicted octanol–water partition coefficient (Wildman–Crippen LogP) is -0.319. The summed E-state index contributed by atoms with van der Waals surface area (Å²) in [7, 11) is -3.18. The van der Waals surface area contributed by atoms with Gasteiger partial charge in [0.2, 0.25) is 5.91 Å². The van der Waals surface area contributed by atoms with E-state index in [2.05, 4.69) is 5.32 Å². The normalized spacial score (nSPS) is 11.8. The molecule has 0 bridgehead atoms. The molecule has 0 aliphatic carbocycles. The van der Waals surface area contributed by atoms with E-state index in [0.717, 1.165) is 17.7 Å². The van der Waals surface area contributed by atoms with Gasteiger partial charge in [-0.05, 0) is 6.92 Å². The second-order valence-electron chi connectivity index (χ2n) is 2.03. The van der Waals surface area contributed by atoms with E-state index in [1.165, 1.54) is 0 Å². The van der Waals surface area contributed by atoms with Crippen molar-refractivity contribution in [1.82, 2.24) is 5.32 Å². The van der Waals surface area contributed by atoms with E-state index in [1.54, 1.807) is 6.92 Å². The van der Waals surface area contributed by atoms with Gasteiger partial charge in [0.05, 0.1) is 0 Å². The van der Waals surface area contributed by atoms with E-state index in [4.69, 9.17) is 0 Å². The van der Waals surface area contributed by atoms with E-state index < -0.39 is 15.7 Å². The first-order valence-electron chi connectivity index (χ1n) is 3.11. The summed E-state index contributed by atoms with van der Waals surface area (Å²) in [6, 6.07) is 0. The summed E-state index contributed by atoms with van der Waals surface area (Å²) in [6.45, 7) is 2.25. The van der Waals surface area contributed by atoms with Crippen LogP contribution in [0.25, 0.3) is 0 Å². The molecule has 0 unspecified atom stereocenters. The van der Waals surface area contributed by atoms with Gasteiger partial charge in [-0.3, -0.25) is 4.79 Å². The number of likely N-dealkylation sites (N-methyl/N-ethyl adjacent to an activating group) is 1. The van der Waals surface area contributed by atoms with Crippen molar-refractivity contribution in [3.8, 4) is 0 Å². The quantitative estimate of drug-likeness (QED) is 0.601. The first-order chi connectivity index (χ1) is 4.95. The highest BCUT2D eigenvalue weighted by Gasteiger charge is 1.95. The van der Waals surface area contributed by atoms with Gasteiger partial charge in [-0.25, -0.2) is 8.42 Å². The molecular weight excluding hydrogens is 166 g/mol. The lowest BCUT2D eigenvalue weighted by Crippen LogP contribution is -2.20.